The number of nitrogens with one attached hydrogen (secondary N) is 2. The fraction of sp³-hybridized carbons (Fsp3) is 0.556. The lowest BCUT2D eigenvalue weighted by Gasteiger charge is -2.30. The van der Waals surface area contributed by atoms with Gasteiger partial charge in [0.2, 0.25) is 0 Å². The Morgan fingerprint density at radius 1 is 1.26 bits per heavy atom. The largest absolute Gasteiger partial charge is 0.417 e. The molecule has 150 valence electrons. The predicted molar refractivity (Wildman–Crippen MR) is 96.7 cm³/mol. The molecule has 1 unspecified atom stereocenters. The number of carbonyl (C=O) groups is 2. The molecule has 0 spiro atoms. The smallest absolute Gasteiger partial charge is 0.338 e. The van der Waals surface area contributed by atoms with E-state index in [-0.39, 0.29) is 18.1 Å². The number of alkyl halides is 3. The van der Waals surface area contributed by atoms with E-state index in [0.717, 1.165) is 44.5 Å². The molecule has 2 N–H and O–H groups in total. The summed E-state index contributed by atoms with van der Waals surface area (Å²) in [6, 6.07) is 2.80. The number of halogens is 4. The standard InChI is InChI=1S/C18H23ClF3N3O2/c1-12(17(27)25-8-4-3-5-9-25)24(2)11-16(26)23-13-6-7-15(19)14(10-13)18(20,21)22/h6-7,10,12H,3-5,8-9,11H2,1-2H3,(H,23,26)/p+1/t12-/m0/s1. The Kier molecular flexibility index (Phi) is 7.11. The van der Waals surface area contributed by atoms with Gasteiger partial charge in [0.05, 0.1) is 17.6 Å². The van der Waals surface area contributed by atoms with Crippen molar-refractivity contribution in [3.05, 3.63) is 28.8 Å². The lowest BCUT2D eigenvalue weighted by molar-refractivity contribution is -0.886. The van der Waals surface area contributed by atoms with Gasteiger partial charge in [0.15, 0.2) is 12.6 Å². The molecule has 0 aromatic heterocycles. The van der Waals surface area contributed by atoms with Crippen molar-refractivity contribution in [3.8, 4) is 0 Å². The van der Waals surface area contributed by atoms with Gasteiger partial charge < -0.3 is 15.1 Å². The van der Waals surface area contributed by atoms with E-state index in [1.807, 2.05) is 4.90 Å². The third-order valence-corrected chi connectivity index (χ3v) is 5.10. The van der Waals surface area contributed by atoms with Gasteiger partial charge in [0.25, 0.3) is 11.8 Å². The van der Waals surface area contributed by atoms with E-state index in [1.54, 1.807) is 14.0 Å². The summed E-state index contributed by atoms with van der Waals surface area (Å²) in [4.78, 5) is 27.2. The molecule has 1 aliphatic rings. The molecule has 1 aromatic rings. The molecule has 0 aliphatic carbocycles. The quantitative estimate of drug-likeness (QED) is 0.787. The van der Waals surface area contributed by atoms with Crippen molar-refractivity contribution < 1.29 is 27.7 Å². The van der Waals surface area contributed by atoms with Crippen molar-refractivity contribution in [2.75, 3.05) is 32.0 Å². The fourth-order valence-corrected chi connectivity index (χ4v) is 3.26. The average Bonchev–Trinajstić information content (AvgIpc) is 2.61. The number of nitrogens with zero attached hydrogens (tertiary/aromatic N) is 1. The number of amides is 2. The molecule has 0 saturated carbocycles. The van der Waals surface area contributed by atoms with E-state index in [1.165, 1.54) is 6.07 Å². The number of hydrogen-bond donors (Lipinski definition) is 2. The highest BCUT2D eigenvalue weighted by molar-refractivity contribution is 6.31. The molecule has 1 heterocycles. The molecule has 2 amide bonds. The molecule has 0 radical (unpaired) electrons. The number of piperidine rings is 1. The summed E-state index contributed by atoms with van der Waals surface area (Å²) in [6.07, 6.45) is -1.52. The van der Waals surface area contributed by atoms with Gasteiger partial charge in [-0.3, -0.25) is 9.59 Å². The van der Waals surface area contributed by atoms with Crippen LogP contribution in [0.25, 0.3) is 0 Å². The zero-order chi connectivity index (χ0) is 20.2. The van der Waals surface area contributed by atoms with Crippen LogP contribution in [0, 0.1) is 0 Å². The summed E-state index contributed by atoms with van der Waals surface area (Å²) in [5.41, 5.74) is -0.990. The maximum atomic E-state index is 12.9. The van der Waals surface area contributed by atoms with Gasteiger partial charge >= 0.3 is 6.18 Å². The van der Waals surface area contributed by atoms with Crippen LogP contribution in [-0.4, -0.2) is 49.4 Å². The first kappa shape index (κ1) is 21.5. The summed E-state index contributed by atoms with van der Waals surface area (Å²) >= 11 is 5.57. The highest BCUT2D eigenvalue weighted by Crippen LogP contribution is 2.36. The summed E-state index contributed by atoms with van der Waals surface area (Å²) in [5.74, 6) is -0.480. The second kappa shape index (κ2) is 8.93. The SMILES string of the molecule is C[C@@H](C(=O)N1CCCCC1)[NH+](C)CC(=O)Nc1ccc(Cl)c(C(F)(F)F)c1. The molecule has 1 fully saturated rings. The normalized spacial score (nSPS) is 17.3. The van der Waals surface area contributed by atoms with Crippen molar-refractivity contribution in [2.45, 2.75) is 38.4 Å². The van der Waals surface area contributed by atoms with Crippen LogP contribution in [0.1, 0.15) is 31.7 Å². The van der Waals surface area contributed by atoms with E-state index < -0.39 is 28.7 Å². The van der Waals surface area contributed by atoms with Gasteiger partial charge in [0.1, 0.15) is 0 Å². The molecule has 5 nitrogen and oxygen atoms in total. The predicted octanol–water partition coefficient (Wildman–Crippen LogP) is 2.21. The van der Waals surface area contributed by atoms with E-state index >= 15 is 0 Å². The Bertz CT molecular complexity index is 691. The summed E-state index contributed by atoms with van der Waals surface area (Å²) in [5, 5.41) is 2.02. The topological polar surface area (TPSA) is 53.9 Å². The maximum absolute atomic E-state index is 12.9. The van der Waals surface area contributed by atoms with E-state index in [2.05, 4.69) is 5.32 Å². The van der Waals surface area contributed by atoms with E-state index in [4.69, 9.17) is 11.6 Å². The van der Waals surface area contributed by atoms with Crippen molar-refractivity contribution in [1.29, 1.82) is 0 Å². The van der Waals surface area contributed by atoms with Crippen LogP contribution in [0.3, 0.4) is 0 Å². The molecule has 1 saturated heterocycles. The maximum Gasteiger partial charge on any atom is 0.417 e. The first-order valence-electron chi connectivity index (χ1n) is 8.87. The van der Waals surface area contributed by atoms with Gasteiger partial charge in [-0.2, -0.15) is 13.2 Å². The number of likely N-dealkylation sites (tertiary alicyclic amines) is 1. The molecule has 1 aliphatic heterocycles. The summed E-state index contributed by atoms with van der Waals surface area (Å²) in [6.45, 7) is 3.18. The molecule has 1 aromatic carbocycles. The van der Waals surface area contributed by atoms with Crippen LogP contribution in [0.2, 0.25) is 5.02 Å². The van der Waals surface area contributed by atoms with E-state index in [9.17, 15) is 22.8 Å². The minimum absolute atomic E-state index is 0.00847. The molecule has 9 heteroatoms. The lowest BCUT2D eigenvalue weighted by atomic mass is 10.1. The number of benzene rings is 1. The zero-order valence-electron chi connectivity index (χ0n) is 15.3. The summed E-state index contributed by atoms with van der Waals surface area (Å²) < 4.78 is 38.7. The zero-order valence-corrected chi connectivity index (χ0v) is 16.1. The van der Waals surface area contributed by atoms with Crippen molar-refractivity contribution >= 4 is 29.1 Å². The van der Waals surface area contributed by atoms with Crippen molar-refractivity contribution in [1.82, 2.24) is 4.90 Å². The molecule has 2 rings (SSSR count). The highest BCUT2D eigenvalue weighted by Gasteiger charge is 2.34. The van der Waals surface area contributed by atoms with Crippen LogP contribution in [0.5, 0.6) is 0 Å². The van der Waals surface area contributed by atoms with Crippen LogP contribution < -0.4 is 10.2 Å². The van der Waals surface area contributed by atoms with Crippen molar-refractivity contribution in [2.24, 2.45) is 0 Å². The number of carbonyl (C=O) groups excluding carboxylic acids is 2. The molecule has 27 heavy (non-hydrogen) atoms. The Hall–Kier alpha value is -1.80. The fourth-order valence-electron chi connectivity index (χ4n) is 3.03. The number of rotatable bonds is 5. The number of anilines is 1. The van der Waals surface area contributed by atoms with Crippen LogP contribution in [0.4, 0.5) is 18.9 Å². The first-order chi connectivity index (χ1) is 12.6. The minimum atomic E-state index is -4.60. The van der Waals surface area contributed by atoms with Gasteiger partial charge in [-0.15, -0.1) is 0 Å². The minimum Gasteiger partial charge on any atom is -0.338 e. The molecular formula is C18H24ClF3N3O2+. The number of hydrogen-bond acceptors (Lipinski definition) is 2. The molecule has 2 atom stereocenters. The van der Waals surface area contributed by atoms with E-state index in [0.29, 0.717) is 4.90 Å². The average molecular weight is 407 g/mol. The second-order valence-electron chi connectivity index (χ2n) is 6.87. The molecular weight excluding hydrogens is 383 g/mol. The number of likely N-dealkylation sites (N-methyl/N-ethyl adjacent to an activating group) is 1. The van der Waals surface area contributed by atoms with Gasteiger partial charge in [-0.05, 0) is 44.4 Å². The van der Waals surface area contributed by atoms with Crippen LogP contribution in [-0.2, 0) is 15.8 Å². The third kappa shape index (κ3) is 5.84. The highest BCUT2D eigenvalue weighted by atomic mass is 35.5. The van der Waals surface area contributed by atoms with Crippen LogP contribution in [0.15, 0.2) is 18.2 Å². The Morgan fingerprint density at radius 3 is 2.48 bits per heavy atom. The lowest BCUT2D eigenvalue weighted by Crippen LogP contribution is -3.15. The third-order valence-electron chi connectivity index (χ3n) is 4.77. The van der Waals surface area contributed by atoms with Gasteiger partial charge in [-0.25, -0.2) is 0 Å². The second-order valence-corrected chi connectivity index (χ2v) is 7.28. The van der Waals surface area contributed by atoms with Crippen molar-refractivity contribution in [3.63, 3.8) is 0 Å². The number of quaternary nitrogens is 1. The first-order valence-corrected chi connectivity index (χ1v) is 9.25. The van der Waals surface area contributed by atoms with Crippen LogP contribution >= 0.6 is 11.6 Å². The molecule has 0 bridgehead atoms. The summed E-state index contributed by atoms with van der Waals surface area (Å²) in [7, 11) is 1.72. The Morgan fingerprint density at radius 2 is 1.89 bits per heavy atom. The Balaban J connectivity index is 1.95. The Labute approximate surface area is 161 Å². The van der Waals surface area contributed by atoms with Gasteiger partial charge in [-0.1, -0.05) is 11.6 Å². The monoisotopic (exact) mass is 406 g/mol. The van der Waals surface area contributed by atoms with Gasteiger partial charge in [0, 0.05) is 18.8 Å².